The summed E-state index contributed by atoms with van der Waals surface area (Å²) in [5, 5.41) is 9.59. The molecule has 0 radical (unpaired) electrons. The van der Waals surface area contributed by atoms with Crippen molar-refractivity contribution in [2.75, 3.05) is 18.1 Å². The van der Waals surface area contributed by atoms with Gasteiger partial charge in [-0.1, -0.05) is 17.7 Å². The van der Waals surface area contributed by atoms with Gasteiger partial charge in [0.05, 0.1) is 6.61 Å². The largest absolute Gasteiger partial charge is 0.511 e. The van der Waals surface area contributed by atoms with Crippen LogP contribution in [0.1, 0.15) is 24.0 Å². The number of rotatable bonds is 6. The quantitative estimate of drug-likeness (QED) is 0.585. The minimum absolute atomic E-state index is 0.411. The molecule has 0 unspecified atom stereocenters. The molecule has 0 saturated heterocycles. The summed E-state index contributed by atoms with van der Waals surface area (Å²) in [5.41, 5.74) is 2.96. The zero-order valence-electron chi connectivity index (χ0n) is 14.3. The molecule has 5 nitrogen and oxygen atoms in total. The maximum Gasteiger partial charge on any atom is 0.511 e. The van der Waals surface area contributed by atoms with Crippen LogP contribution in [0.25, 0.3) is 0 Å². The van der Waals surface area contributed by atoms with Crippen LogP contribution in [0.2, 0.25) is 5.02 Å². The van der Waals surface area contributed by atoms with Gasteiger partial charge in [-0.3, -0.25) is 0 Å². The van der Waals surface area contributed by atoms with Crippen molar-refractivity contribution in [1.82, 2.24) is 0 Å². The van der Waals surface area contributed by atoms with Gasteiger partial charge in [-0.25, -0.2) is 4.79 Å². The molecule has 0 atom stereocenters. The number of benzene rings is 2. The predicted molar refractivity (Wildman–Crippen MR) is 99.5 cm³/mol. The molecule has 1 aliphatic heterocycles. The summed E-state index contributed by atoms with van der Waals surface area (Å²) < 4.78 is 10.9. The summed E-state index contributed by atoms with van der Waals surface area (Å²) in [6.45, 7) is 2.20. The Hall–Kier alpha value is -2.40. The van der Waals surface area contributed by atoms with Crippen LogP contribution < -0.4 is 14.4 Å². The average molecular weight is 374 g/mol. The second-order valence-corrected chi connectivity index (χ2v) is 7.24. The highest BCUT2D eigenvalue weighted by Crippen LogP contribution is 2.37. The lowest BCUT2D eigenvalue weighted by atomic mass is 10.1. The van der Waals surface area contributed by atoms with Gasteiger partial charge >= 0.3 is 6.16 Å². The van der Waals surface area contributed by atoms with E-state index in [9.17, 15) is 4.79 Å². The van der Waals surface area contributed by atoms with Crippen LogP contribution in [-0.4, -0.2) is 24.4 Å². The number of ether oxygens (including phenoxy) is 2. The van der Waals surface area contributed by atoms with Crippen LogP contribution in [0.4, 0.5) is 10.5 Å². The van der Waals surface area contributed by atoms with Crippen LogP contribution >= 0.6 is 11.6 Å². The van der Waals surface area contributed by atoms with E-state index in [4.69, 9.17) is 26.2 Å². The molecule has 1 fully saturated rings. The highest BCUT2D eigenvalue weighted by atomic mass is 35.5. The minimum atomic E-state index is -1.29. The number of anilines is 1. The van der Waals surface area contributed by atoms with Gasteiger partial charge in [-0.15, -0.1) is 0 Å². The fourth-order valence-electron chi connectivity index (χ4n) is 3.33. The van der Waals surface area contributed by atoms with Crippen molar-refractivity contribution in [3.8, 4) is 11.5 Å². The highest BCUT2D eigenvalue weighted by Gasteiger charge is 2.25. The third kappa shape index (κ3) is 3.73. The first-order valence-electron chi connectivity index (χ1n) is 8.79. The first kappa shape index (κ1) is 17.0. The molecule has 0 bridgehead atoms. The number of fused-ring (bicyclic) bond motifs is 1. The third-order valence-corrected chi connectivity index (χ3v) is 5.07. The van der Waals surface area contributed by atoms with Crippen molar-refractivity contribution < 1.29 is 19.4 Å². The molecule has 2 aromatic carbocycles. The molecule has 0 spiro atoms. The van der Waals surface area contributed by atoms with Gasteiger partial charge < -0.3 is 19.5 Å². The molecular weight excluding hydrogens is 354 g/mol. The Kier molecular flexibility index (Phi) is 4.64. The fourth-order valence-corrected chi connectivity index (χ4v) is 3.53. The molecule has 0 amide bonds. The number of nitrogens with zero attached hydrogens (tertiary/aromatic N) is 1. The lowest BCUT2D eigenvalue weighted by Crippen LogP contribution is -2.20. The summed E-state index contributed by atoms with van der Waals surface area (Å²) in [7, 11) is 0. The summed E-state index contributed by atoms with van der Waals surface area (Å²) >= 11 is 6.20. The molecular formula is C20H20ClNO4. The molecule has 2 aliphatic rings. The number of carbonyl (C=O) groups is 1. The highest BCUT2D eigenvalue weighted by molar-refractivity contribution is 6.30. The zero-order valence-corrected chi connectivity index (χ0v) is 15.0. The first-order valence-corrected chi connectivity index (χ1v) is 9.17. The number of hydrogen-bond acceptors (Lipinski definition) is 4. The minimum Gasteiger partial charge on any atom is -0.493 e. The summed E-state index contributed by atoms with van der Waals surface area (Å²) in [5.74, 6) is 1.96. The van der Waals surface area contributed by atoms with Gasteiger partial charge in [-0.2, -0.15) is 0 Å². The number of halogens is 1. The number of carboxylic acid groups (broad SMARTS) is 1. The molecule has 1 aliphatic carbocycles. The Balaban J connectivity index is 1.56. The lowest BCUT2D eigenvalue weighted by molar-refractivity contribution is 0.144. The van der Waals surface area contributed by atoms with Crippen molar-refractivity contribution in [3.63, 3.8) is 0 Å². The van der Waals surface area contributed by atoms with Gasteiger partial charge in [0.15, 0.2) is 0 Å². The summed E-state index contributed by atoms with van der Waals surface area (Å²) in [6.07, 6.45) is 1.95. The van der Waals surface area contributed by atoms with E-state index in [0.29, 0.717) is 23.2 Å². The topological polar surface area (TPSA) is 59.0 Å². The van der Waals surface area contributed by atoms with E-state index in [1.165, 1.54) is 12.8 Å². The van der Waals surface area contributed by atoms with Crippen molar-refractivity contribution in [3.05, 3.63) is 52.5 Å². The molecule has 2 aromatic rings. The average Bonchev–Trinajstić information content (AvgIpc) is 3.34. The first-order chi connectivity index (χ1) is 12.6. The third-order valence-electron chi connectivity index (χ3n) is 4.83. The molecule has 0 aromatic heterocycles. The lowest BCUT2D eigenvalue weighted by Gasteiger charge is -2.22. The molecule has 136 valence electrons. The van der Waals surface area contributed by atoms with Crippen LogP contribution in [-0.2, 0) is 13.0 Å². The Morgan fingerprint density at radius 3 is 2.85 bits per heavy atom. The Labute approximate surface area is 157 Å². The van der Waals surface area contributed by atoms with Gasteiger partial charge in [0.1, 0.15) is 11.5 Å². The monoisotopic (exact) mass is 373 g/mol. The second-order valence-electron chi connectivity index (χ2n) is 6.80. The van der Waals surface area contributed by atoms with Crippen molar-refractivity contribution in [2.45, 2.75) is 25.8 Å². The maximum atomic E-state index is 10.9. The summed E-state index contributed by atoms with van der Waals surface area (Å²) in [4.78, 5) is 13.1. The van der Waals surface area contributed by atoms with E-state index in [1.54, 1.807) is 6.07 Å². The van der Waals surface area contributed by atoms with Gasteiger partial charge in [0.2, 0.25) is 0 Å². The van der Waals surface area contributed by atoms with Crippen LogP contribution in [0.5, 0.6) is 11.5 Å². The molecule has 1 N–H and O–H groups in total. The Morgan fingerprint density at radius 1 is 1.23 bits per heavy atom. The van der Waals surface area contributed by atoms with E-state index in [0.717, 1.165) is 42.1 Å². The molecule has 6 heteroatoms. The van der Waals surface area contributed by atoms with E-state index in [2.05, 4.69) is 4.90 Å². The van der Waals surface area contributed by atoms with Crippen molar-refractivity contribution >= 4 is 23.4 Å². The zero-order chi connectivity index (χ0) is 18.1. The van der Waals surface area contributed by atoms with Crippen molar-refractivity contribution in [1.29, 1.82) is 0 Å². The van der Waals surface area contributed by atoms with Gasteiger partial charge in [0, 0.05) is 34.9 Å². The SMILES string of the molecule is O=C(O)Oc1cccc2c1CCN2Cc1cc(Cl)ccc1OCC1CC1. The molecule has 4 rings (SSSR count). The van der Waals surface area contributed by atoms with E-state index in [-0.39, 0.29) is 0 Å². The number of hydrogen-bond donors (Lipinski definition) is 1. The van der Waals surface area contributed by atoms with Crippen LogP contribution in [0, 0.1) is 5.92 Å². The van der Waals surface area contributed by atoms with Gasteiger partial charge in [-0.05, 0) is 55.5 Å². The van der Waals surface area contributed by atoms with Crippen molar-refractivity contribution in [2.24, 2.45) is 5.92 Å². The van der Waals surface area contributed by atoms with E-state index in [1.807, 2.05) is 30.3 Å². The van der Waals surface area contributed by atoms with Crippen LogP contribution in [0.15, 0.2) is 36.4 Å². The maximum absolute atomic E-state index is 10.9. The van der Waals surface area contributed by atoms with E-state index >= 15 is 0 Å². The standard InChI is InChI=1S/C20H20ClNO4/c21-15-6-7-18(25-12-13-4-5-13)14(10-15)11-22-9-8-16-17(22)2-1-3-19(16)26-20(23)24/h1-3,6-7,10,13H,4-5,8-9,11-12H2,(H,23,24). The van der Waals surface area contributed by atoms with Gasteiger partial charge in [0.25, 0.3) is 0 Å². The smallest absolute Gasteiger partial charge is 0.493 e. The normalized spacial score (nSPS) is 15.7. The Morgan fingerprint density at radius 2 is 2.08 bits per heavy atom. The predicted octanol–water partition coefficient (Wildman–Crippen LogP) is 4.75. The van der Waals surface area contributed by atoms with Crippen LogP contribution in [0.3, 0.4) is 0 Å². The second kappa shape index (κ2) is 7.08. The van der Waals surface area contributed by atoms with E-state index < -0.39 is 6.16 Å². The summed E-state index contributed by atoms with van der Waals surface area (Å²) in [6, 6.07) is 11.2. The molecule has 1 saturated carbocycles. The molecule has 1 heterocycles. The Bertz CT molecular complexity index is 835. The fraction of sp³-hybridized carbons (Fsp3) is 0.350. The molecule has 26 heavy (non-hydrogen) atoms.